The summed E-state index contributed by atoms with van der Waals surface area (Å²) in [5.74, 6) is 1.23. The summed E-state index contributed by atoms with van der Waals surface area (Å²) in [4.78, 5) is 25.0. The van der Waals surface area contributed by atoms with Gasteiger partial charge in [-0.15, -0.1) is 0 Å². The molecule has 2 amide bonds. The summed E-state index contributed by atoms with van der Waals surface area (Å²) < 4.78 is 10.6. The highest BCUT2D eigenvalue weighted by Crippen LogP contribution is 2.27. The summed E-state index contributed by atoms with van der Waals surface area (Å²) in [6.07, 6.45) is 1.96. The number of carbonyl (C=O) groups excluding carboxylic acids is 2. The molecule has 0 saturated heterocycles. The second-order valence-corrected chi connectivity index (χ2v) is 8.00. The third-order valence-corrected chi connectivity index (χ3v) is 5.58. The minimum absolute atomic E-state index is 0.0442. The molecule has 0 bridgehead atoms. The molecule has 2 N–H and O–H groups in total. The van der Waals surface area contributed by atoms with Crippen molar-refractivity contribution in [3.05, 3.63) is 95.1 Å². The van der Waals surface area contributed by atoms with Gasteiger partial charge in [0.05, 0.1) is 27.1 Å². The van der Waals surface area contributed by atoms with Crippen LogP contribution >= 0.6 is 0 Å². The number of amides is 2. The first-order valence-corrected chi connectivity index (χ1v) is 11.4. The topological polar surface area (TPSA) is 76.7 Å². The number of nitrogens with one attached hydrogen (secondary N) is 2. The van der Waals surface area contributed by atoms with E-state index in [0.29, 0.717) is 31.0 Å². The molecule has 0 spiro atoms. The SMILES string of the molecule is COc1ccc(CCNC(=O)Cc2ccccc2CC(=O)NCCc2ccccc2)cc1OC. The minimum atomic E-state index is -0.0718. The zero-order chi connectivity index (χ0) is 24.2. The number of hydrogen-bond acceptors (Lipinski definition) is 4. The van der Waals surface area contributed by atoms with Crippen LogP contribution in [0.15, 0.2) is 72.8 Å². The van der Waals surface area contributed by atoms with Crippen LogP contribution in [0.4, 0.5) is 0 Å². The van der Waals surface area contributed by atoms with Crippen LogP contribution in [-0.4, -0.2) is 39.1 Å². The largest absolute Gasteiger partial charge is 0.493 e. The Balaban J connectivity index is 1.46. The molecule has 6 nitrogen and oxygen atoms in total. The summed E-state index contributed by atoms with van der Waals surface area (Å²) in [7, 11) is 3.20. The fourth-order valence-corrected chi connectivity index (χ4v) is 3.75. The monoisotopic (exact) mass is 460 g/mol. The van der Waals surface area contributed by atoms with Gasteiger partial charge < -0.3 is 20.1 Å². The Morgan fingerprint density at radius 2 is 1.18 bits per heavy atom. The van der Waals surface area contributed by atoms with E-state index < -0.39 is 0 Å². The molecule has 3 rings (SSSR count). The van der Waals surface area contributed by atoms with Crippen LogP contribution in [0.3, 0.4) is 0 Å². The lowest BCUT2D eigenvalue weighted by molar-refractivity contribution is -0.121. The number of ether oxygens (including phenoxy) is 2. The molecule has 34 heavy (non-hydrogen) atoms. The molecule has 3 aromatic carbocycles. The molecule has 0 aliphatic rings. The highest BCUT2D eigenvalue weighted by molar-refractivity contribution is 5.81. The van der Waals surface area contributed by atoms with Gasteiger partial charge in [-0.2, -0.15) is 0 Å². The second kappa shape index (κ2) is 13.0. The van der Waals surface area contributed by atoms with Gasteiger partial charge in [0.2, 0.25) is 11.8 Å². The van der Waals surface area contributed by atoms with Crippen LogP contribution in [0, 0.1) is 0 Å². The van der Waals surface area contributed by atoms with Crippen molar-refractivity contribution in [2.24, 2.45) is 0 Å². The zero-order valence-corrected chi connectivity index (χ0v) is 19.8. The van der Waals surface area contributed by atoms with Crippen molar-refractivity contribution in [2.45, 2.75) is 25.7 Å². The van der Waals surface area contributed by atoms with Crippen LogP contribution < -0.4 is 20.1 Å². The zero-order valence-electron chi connectivity index (χ0n) is 19.8. The van der Waals surface area contributed by atoms with Crippen LogP contribution in [0.5, 0.6) is 11.5 Å². The Bertz CT molecular complexity index is 1080. The minimum Gasteiger partial charge on any atom is -0.493 e. The van der Waals surface area contributed by atoms with E-state index >= 15 is 0 Å². The van der Waals surface area contributed by atoms with Gasteiger partial charge in [0.1, 0.15) is 0 Å². The predicted octanol–water partition coefficient (Wildman–Crippen LogP) is 3.51. The van der Waals surface area contributed by atoms with E-state index in [9.17, 15) is 9.59 Å². The number of rotatable bonds is 12. The van der Waals surface area contributed by atoms with E-state index in [4.69, 9.17) is 9.47 Å². The summed E-state index contributed by atoms with van der Waals surface area (Å²) in [6.45, 7) is 1.10. The third-order valence-electron chi connectivity index (χ3n) is 5.58. The number of methoxy groups -OCH3 is 2. The molecule has 3 aromatic rings. The van der Waals surface area contributed by atoms with E-state index in [-0.39, 0.29) is 24.7 Å². The van der Waals surface area contributed by atoms with E-state index in [1.807, 2.05) is 72.8 Å². The first-order valence-electron chi connectivity index (χ1n) is 11.4. The van der Waals surface area contributed by atoms with Crippen molar-refractivity contribution < 1.29 is 19.1 Å². The van der Waals surface area contributed by atoms with Gasteiger partial charge in [-0.25, -0.2) is 0 Å². The molecule has 6 heteroatoms. The normalized spacial score (nSPS) is 10.4. The van der Waals surface area contributed by atoms with Crippen LogP contribution in [0.1, 0.15) is 22.3 Å². The molecule has 0 aliphatic heterocycles. The second-order valence-electron chi connectivity index (χ2n) is 8.00. The van der Waals surface area contributed by atoms with Crippen molar-refractivity contribution in [2.75, 3.05) is 27.3 Å². The molecule has 0 fully saturated rings. The fraction of sp³-hybridized carbons (Fsp3) is 0.286. The van der Waals surface area contributed by atoms with Gasteiger partial charge in [-0.3, -0.25) is 9.59 Å². The lowest BCUT2D eigenvalue weighted by atomic mass is 10.0. The Morgan fingerprint density at radius 3 is 1.74 bits per heavy atom. The van der Waals surface area contributed by atoms with E-state index in [1.165, 1.54) is 5.56 Å². The molecule has 178 valence electrons. The number of hydrogen-bond donors (Lipinski definition) is 2. The van der Waals surface area contributed by atoms with E-state index in [0.717, 1.165) is 23.1 Å². The molecule has 0 unspecified atom stereocenters. The van der Waals surface area contributed by atoms with Gasteiger partial charge in [0.15, 0.2) is 11.5 Å². The van der Waals surface area contributed by atoms with Crippen LogP contribution in [0.2, 0.25) is 0 Å². The Kier molecular flexibility index (Phi) is 9.52. The van der Waals surface area contributed by atoms with Gasteiger partial charge in [-0.05, 0) is 47.2 Å². The summed E-state index contributed by atoms with van der Waals surface area (Å²) in [5, 5.41) is 5.94. The van der Waals surface area contributed by atoms with Crippen molar-refractivity contribution >= 4 is 11.8 Å². The maximum atomic E-state index is 12.5. The van der Waals surface area contributed by atoms with E-state index in [1.54, 1.807) is 14.2 Å². The summed E-state index contributed by atoms with van der Waals surface area (Å²) in [6, 6.07) is 23.4. The average Bonchev–Trinajstić information content (AvgIpc) is 2.85. The Hall–Kier alpha value is -3.80. The van der Waals surface area contributed by atoms with E-state index in [2.05, 4.69) is 10.6 Å². The molecule has 0 radical (unpaired) electrons. The molecule has 0 aliphatic carbocycles. The Labute approximate surface area is 201 Å². The lowest BCUT2D eigenvalue weighted by Gasteiger charge is -2.12. The highest BCUT2D eigenvalue weighted by Gasteiger charge is 2.11. The third kappa shape index (κ3) is 7.66. The smallest absolute Gasteiger partial charge is 0.224 e. The maximum absolute atomic E-state index is 12.5. The quantitative estimate of drug-likeness (QED) is 0.434. The van der Waals surface area contributed by atoms with Gasteiger partial charge in [0.25, 0.3) is 0 Å². The van der Waals surface area contributed by atoms with Gasteiger partial charge in [-0.1, -0.05) is 60.7 Å². The summed E-state index contributed by atoms with van der Waals surface area (Å²) >= 11 is 0. The van der Waals surface area contributed by atoms with Crippen molar-refractivity contribution in [3.63, 3.8) is 0 Å². The molecule has 0 saturated carbocycles. The van der Waals surface area contributed by atoms with Gasteiger partial charge in [0, 0.05) is 13.1 Å². The molecular formula is C28H32N2O4. The average molecular weight is 461 g/mol. The first-order chi connectivity index (χ1) is 16.6. The maximum Gasteiger partial charge on any atom is 0.224 e. The van der Waals surface area contributed by atoms with Crippen molar-refractivity contribution in [3.8, 4) is 11.5 Å². The first kappa shape index (κ1) is 24.8. The van der Waals surface area contributed by atoms with Crippen LogP contribution in [-0.2, 0) is 35.3 Å². The number of carbonyl (C=O) groups is 2. The fourth-order valence-electron chi connectivity index (χ4n) is 3.75. The Morgan fingerprint density at radius 1 is 0.647 bits per heavy atom. The molecular weight excluding hydrogens is 428 g/mol. The van der Waals surface area contributed by atoms with Gasteiger partial charge >= 0.3 is 0 Å². The summed E-state index contributed by atoms with van der Waals surface area (Å²) in [5.41, 5.74) is 3.97. The highest BCUT2D eigenvalue weighted by atomic mass is 16.5. The molecule has 0 aromatic heterocycles. The molecule has 0 atom stereocenters. The predicted molar refractivity (Wildman–Crippen MR) is 133 cm³/mol. The van der Waals surface area contributed by atoms with Crippen molar-refractivity contribution in [1.29, 1.82) is 0 Å². The van der Waals surface area contributed by atoms with Crippen LogP contribution in [0.25, 0.3) is 0 Å². The number of benzene rings is 3. The lowest BCUT2D eigenvalue weighted by Crippen LogP contribution is -2.29. The van der Waals surface area contributed by atoms with Crippen molar-refractivity contribution in [1.82, 2.24) is 10.6 Å². The molecule has 0 heterocycles. The standard InChI is InChI=1S/C28H32N2O4/c1-33-25-13-12-22(18-26(25)34-2)15-17-30-28(32)20-24-11-7-6-10-23(24)19-27(31)29-16-14-21-8-4-3-5-9-21/h3-13,18H,14-17,19-20H2,1-2H3,(H,29,31)(H,30,32).